The van der Waals surface area contributed by atoms with Gasteiger partial charge in [-0.25, -0.2) is 4.98 Å². The molecule has 0 saturated heterocycles. The lowest BCUT2D eigenvalue weighted by atomic mass is 10.1. The second kappa shape index (κ2) is 4.88. The van der Waals surface area contributed by atoms with Crippen molar-refractivity contribution in [2.75, 3.05) is 5.32 Å². The number of nitrogens with zero attached hydrogens (tertiary/aromatic N) is 1. The molecule has 0 amide bonds. The average molecular weight is 246 g/mol. The summed E-state index contributed by atoms with van der Waals surface area (Å²) < 4.78 is 0. The van der Waals surface area contributed by atoms with Gasteiger partial charge in [0, 0.05) is 15.4 Å². The van der Waals surface area contributed by atoms with Crippen LogP contribution in [-0.4, -0.2) is 4.98 Å². The number of rotatable bonds is 3. The zero-order chi connectivity index (χ0) is 12.4. The number of aromatic nitrogens is 1. The first kappa shape index (κ1) is 12.1. The largest absolute Gasteiger partial charge is 0.364 e. The first-order valence-corrected chi connectivity index (χ1v) is 6.65. The van der Waals surface area contributed by atoms with E-state index in [0.717, 1.165) is 11.5 Å². The van der Waals surface area contributed by atoms with E-state index in [1.807, 2.05) is 36.5 Å². The van der Waals surface area contributed by atoms with Crippen LogP contribution in [0.5, 0.6) is 0 Å². The van der Waals surface area contributed by atoms with Gasteiger partial charge < -0.3 is 5.32 Å². The molecule has 1 unspecified atom stereocenters. The molecule has 0 radical (unpaired) electrons. The minimum absolute atomic E-state index is 0.300. The molecule has 2 nitrogen and oxygen atoms in total. The van der Waals surface area contributed by atoms with Crippen LogP contribution in [0.4, 0.5) is 5.82 Å². The fourth-order valence-corrected chi connectivity index (χ4v) is 3.03. The van der Waals surface area contributed by atoms with Gasteiger partial charge in [0.15, 0.2) is 0 Å². The van der Waals surface area contributed by atoms with Gasteiger partial charge in [-0.1, -0.05) is 6.07 Å². The Bertz CT molecular complexity index is 517. The molecule has 2 aromatic rings. The van der Waals surface area contributed by atoms with Crippen LogP contribution < -0.4 is 5.32 Å². The Morgan fingerprint density at radius 2 is 2.00 bits per heavy atom. The lowest BCUT2D eigenvalue weighted by Crippen LogP contribution is -2.08. The van der Waals surface area contributed by atoms with Crippen molar-refractivity contribution < 1.29 is 0 Å². The van der Waals surface area contributed by atoms with Crippen molar-refractivity contribution in [2.24, 2.45) is 0 Å². The van der Waals surface area contributed by atoms with Crippen LogP contribution in [0.15, 0.2) is 24.3 Å². The summed E-state index contributed by atoms with van der Waals surface area (Å²) >= 11 is 1.85. The summed E-state index contributed by atoms with van der Waals surface area (Å²) in [5.74, 6) is 0.945. The van der Waals surface area contributed by atoms with Crippen molar-refractivity contribution in [1.29, 1.82) is 0 Å². The predicted molar refractivity (Wildman–Crippen MR) is 74.8 cm³/mol. The first-order valence-electron chi connectivity index (χ1n) is 5.83. The minimum Gasteiger partial charge on any atom is -0.364 e. The molecule has 1 atom stereocenters. The van der Waals surface area contributed by atoms with Gasteiger partial charge in [-0.3, -0.25) is 0 Å². The van der Waals surface area contributed by atoms with Crippen LogP contribution in [0.1, 0.15) is 34.0 Å². The summed E-state index contributed by atoms with van der Waals surface area (Å²) in [7, 11) is 0. The van der Waals surface area contributed by atoms with Gasteiger partial charge in [0.2, 0.25) is 0 Å². The van der Waals surface area contributed by atoms with Crippen LogP contribution in [0, 0.1) is 20.8 Å². The van der Waals surface area contributed by atoms with E-state index in [-0.39, 0.29) is 0 Å². The molecule has 2 aromatic heterocycles. The Hall–Kier alpha value is -1.35. The minimum atomic E-state index is 0.300. The van der Waals surface area contributed by atoms with Crippen molar-refractivity contribution in [3.05, 3.63) is 45.3 Å². The van der Waals surface area contributed by atoms with E-state index >= 15 is 0 Å². The topological polar surface area (TPSA) is 24.9 Å². The van der Waals surface area contributed by atoms with Crippen molar-refractivity contribution in [1.82, 2.24) is 4.98 Å². The highest BCUT2D eigenvalue weighted by molar-refractivity contribution is 7.12. The van der Waals surface area contributed by atoms with E-state index in [1.54, 1.807) is 0 Å². The number of nitrogens with one attached hydrogen (secondary N) is 1. The molecule has 17 heavy (non-hydrogen) atoms. The van der Waals surface area contributed by atoms with E-state index < -0.39 is 0 Å². The van der Waals surface area contributed by atoms with E-state index in [4.69, 9.17) is 0 Å². The highest BCUT2D eigenvalue weighted by Crippen LogP contribution is 2.28. The van der Waals surface area contributed by atoms with Gasteiger partial charge >= 0.3 is 0 Å². The molecule has 0 fully saturated rings. The SMILES string of the molecule is Cc1cccc(NC(C)c2cc(C)sc2C)n1. The second-order valence-corrected chi connectivity index (χ2v) is 5.86. The molecule has 0 aromatic carbocycles. The van der Waals surface area contributed by atoms with Gasteiger partial charge in [-0.2, -0.15) is 0 Å². The standard InChI is InChI=1S/C14H18N2S/c1-9-6-5-7-14(15-9)16-11(3)13-8-10(2)17-12(13)4/h5-8,11H,1-4H3,(H,15,16). The summed E-state index contributed by atoms with van der Waals surface area (Å²) in [5, 5.41) is 3.45. The van der Waals surface area contributed by atoms with Crippen molar-refractivity contribution in [3.63, 3.8) is 0 Å². The third-order valence-corrected chi connectivity index (χ3v) is 3.78. The lowest BCUT2D eigenvalue weighted by Gasteiger charge is -2.14. The number of anilines is 1. The van der Waals surface area contributed by atoms with Crippen LogP contribution in [0.25, 0.3) is 0 Å². The maximum absolute atomic E-state index is 4.47. The fraction of sp³-hybridized carbons (Fsp3) is 0.357. The van der Waals surface area contributed by atoms with Crippen molar-refractivity contribution >= 4 is 17.2 Å². The Morgan fingerprint density at radius 1 is 1.24 bits per heavy atom. The Morgan fingerprint density at radius 3 is 2.59 bits per heavy atom. The smallest absolute Gasteiger partial charge is 0.126 e. The predicted octanol–water partition coefficient (Wildman–Crippen LogP) is 4.24. The summed E-state index contributed by atoms with van der Waals surface area (Å²) in [6.45, 7) is 8.52. The van der Waals surface area contributed by atoms with E-state index in [1.165, 1.54) is 15.3 Å². The number of aryl methyl sites for hydroxylation is 3. The average Bonchev–Trinajstić information content (AvgIpc) is 2.58. The highest BCUT2D eigenvalue weighted by Gasteiger charge is 2.11. The third-order valence-electron chi connectivity index (χ3n) is 2.80. The first-order chi connectivity index (χ1) is 8.06. The van der Waals surface area contributed by atoms with Crippen molar-refractivity contribution in [3.8, 4) is 0 Å². The van der Waals surface area contributed by atoms with Crippen LogP contribution >= 0.6 is 11.3 Å². The van der Waals surface area contributed by atoms with Gasteiger partial charge in [0.25, 0.3) is 0 Å². The molecule has 90 valence electrons. The molecular formula is C14H18N2S. The summed E-state index contributed by atoms with van der Waals surface area (Å²) in [4.78, 5) is 7.22. The molecule has 2 rings (SSSR count). The number of hydrogen-bond acceptors (Lipinski definition) is 3. The van der Waals surface area contributed by atoms with Crippen LogP contribution in [0.3, 0.4) is 0 Å². The normalized spacial score (nSPS) is 12.5. The molecule has 0 bridgehead atoms. The summed E-state index contributed by atoms with van der Waals surface area (Å²) in [6.07, 6.45) is 0. The van der Waals surface area contributed by atoms with Gasteiger partial charge in [0.05, 0.1) is 6.04 Å². The summed E-state index contributed by atoms with van der Waals surface area (Å²) in [5.41, 5.74) is 2.41. The number of hydrogen-bond donors (Lipinski definition) is 1. The second-order valence-electron chi connectivity index (χ2n) is 4.40. The van der Waals surface area contributed by atoms with Gasteiger partial charge in [-0.15, -0.1) is 11.3 Å². The Kier molecular flexibility index (Phi) is 3.48. The molecule has 3 heteroatoms. The molecule has 0 aliphatic rings. The zero-order valence-electron chi connectivity index (χ0n) is 10.7. The third kappa shape index (κ3) is 2.86. The van der Waals surface area contributed by atoms with Crippen molar-refractivity contribution in [2.45, 2.75) is 33.7 Å². The summed E-state index contributed by atoms with van der Waals surface area (Å²) in [6, 6.07) is 8.61. The maximum Gasteiger partial charge on any atom is 0.126 e. The zero-order valence-corrected chi connectivity index (χ0v) is 11.6. The van der Waals surface area contributed by atoms with Crippen LogP contribution in [0.2, 0.25) is 0 Å². The van der Waals surface area contributed by atoms with Gasteiger partial charge in [0.1, 0.15) is 5.82 Å². The molecule has 2 heterocycles. The van der Waals surface area contributed by atoms with Gasteiger partial charge in [-0.05, 0) is 51.5 Å². The monoisotopic (exact) mass is 246 g/mol. The van der Waals surface area contributed by atoms with E-state index in [9.17, 15) is 0 Å². The maximum atomic E-state index is 4.47. The molecular weight excluding hydrogens is 228 g/mol. The fourth-order valence-electron chi connectivity index (χ4n) is 2.00. The molecule has 0 aliphatic carbocycles. The number of thiophene rings is 1. The quantitative estimate of drug-likeness (QED) is 0.876. The Balaban J connectivity index is 2.16. The molecule has 1 N–H and O–H groups in total. The van der Waals surface area contributed by atoms with Crippen LogP contribution in [-0.2, 0) is 0 Å². The highest BCUT2D eigenvalue weighted by atomic mass is 32.1. The molecule has 0 aliphatic heterocycles. The molecule has 0 saturated carbocycles. The molecule has 0 spiro atoms. The lowest BCUT2D eigenvalue weighted by molar-refractivity contribution is 0.869. The number of pyridine rings is 1. The Labute approximate surface area is 107 Å². The van der Waals surface area contributed by atoms with E-state index in [0.29, 0.717) is 6.04 Å². The van der Waals surface area contributed by atoms with E-state index in [2.05, 4.69) is 37.1 Å².